The van der Waals surface area contributed by atoms with Crippen LogP contribution in [0.2, 0.25) is 0 Å². The van der Waals surface area contributed by atoms with Crippen LogP contribution in [0, 0.1) is 0 Å². The highest BCUT2D eigenvalue weighted by atomic mass is 35.5. The van der Waals surface area contributed by atoms with Crippen molar-refractivity contribution in [3.63, 3.8) is 0 Å². The molecule has 1 aliphatic heterocycles. The van der Waals surface area contributed by atoms with Crippen molar-refractivity contribution in [3.8, 4) is 0 Å². The predicted molar refractivity (Wildman–Crippen MR) is 40.2 cm³/mol. The van der Waals surface area contributed by atoms with Crippen LogP contribution >= 0.6 is 23.2 Å². The van der Waals surface area contributed by atoms with Crippen LogP contribution in [0.5, 0.6) is 0 Å². The van der Waals surface area contributed by atoms with Gasteiger partial charge in [-0.15, -0.1) is 0 Å². The molecule has 0 saturated carbocycles. The second-order valence-electron chi connectivity index (χ2n) is 2.00. The molecule has 68 valence electrons. The van der Waals surface area contributed by atoms with Crippen LogP contribution in [-0.4, -0.2) is 17.0 Å². The van der Waals surface area contributed by atoms with E-state index >= 15 is 0 Å². The molecule has 1 unspecified atom stereocenters. The molecule has 1 rings (SSSR count). The van der Waals surface area contributed by atoms with E-state index in [0.29, 0.717) is 6.20 Å². The van der Waals surface area contributed by atoms with Gasteiger partial charge in [0.15, 0.2) is 10.8 Å². The first-order chi connectivity index (χ1) is 5.41. The summed E-state index contributed by atoms with van der Waals surface area (Å²) in [5.41, 5.74) is -2.41. The summed E-state index contributed by atoms with van der Waals surface area (Å²) >= 11 is 10.5. The summed E-state index contributed by atoms with van der Waals surface area (Å²) in [7, 11) is 0. The summed E-state index contributed by atoms with van der Waals surface area (Å²) in [6.07, 6.45) is -3.77. The van der Waals surface area contributed by atoms with Gasteiger partial charge in [-0.2, -0.15) is 13.2 Å². The lowest BCUT2D eigenvalue weighted by molar-refractivity contribution is -0.0937. The molecule has 1 atom stereocenters. The SMILES string of the molecule is FC(F)(F)C1=CNC(Cl)=NC1Cl. The molecule has 1 N–H and O–H groups in total. The number of aliphatic imine (C=N–C) groups is 1. The van der Waals surface area contributed by atoms with Gasteiger partial charge in [-0.3, -0.25) is 0 Å². The molecule has 0 amide bonds. The Morgan fingerprint density at radius 2 is 2.08 bits per heavy atom. The van der Waals surface area contributed by atoms with E-state index in [1.54, 1.807) is 0 Å². The van der Waals surface area contributed by atoms with Crippen LogP contribution in [-0.2, 0) is 0 Å². The van der Waals surface area contributed by atoms with Crippen molar-refractivity contribution < 1.29 is 13.2 Å². The molecule has 7 heteroatoms. The van der Waals surface area contributed by atoms with Crippen LogP contribution in [0.1, 0.15) is 0 Å². The average Bonchev–Trinajstić information content (AvgIpc) is 1.83. The van der Waals surface area contributed by atoms with Crippen molar-refractivity contribution in [2.45, 2.75) is 11.7 Å². The summed E-state index contributed by atoms with van der Waals surface area (Å²) < 4.78 is 36.0. The third kappa shape index (κ3) is 2.04. The van der Waals surface area contributed by atoms with Crippen LogP contribution < -0.4 is 5.32 Å². The van der Waals surface area contributed by atoms with Crippen LogP contribution in [0.4, 0.5) is 13.2 Å². The van der Waals surface area contributed by atoms with E-state index in [4.69, 9.17) is 23.2 Å². The molecule has 1 heterocycles. The first-order valence-corrected chi connectivity index (χ1v) is 3.64. The van der Waals surface area contributed by atoms with E-state index in [1.807, 2.05) is 0 Å². The van der Waals surface area contributed by atoms with Gasteiger partial charge in [0, 0.05) is 6.20 Å². The van der Waals surface area contributed by atoms with Crippen molar-refractivity contribution in [1.29, 1.82) is 0 Å². The van der Waals surface area contributed by atoms with Crippen molar-refractivity contribution in [1.82, 2.24) is 5.32 Å². The Balaban J connectivity index is 2.83. The Morgan fingerprint density at radius 3 is 2.50 bits per heavy atom. The van der Waals surface area contributed by atoms with E-state index < -0.39 is 17.3 Å². The summed E-state index contributed by atoms with van der Waals surface area (Å²) in [4.78, 5) is 3.28. The van der Waals surface area contributed by atoms with E-state index in [0.717, 1.165) is 0 Å². The average molecular weight is 219 g/mol. The maximum atomic E-state index is 12.0. The smallest absolute Gasteiger partial charge is 0.337 e. The van der Waals surface area contributed by atoms with Crippen molar-refractivity contribution in [2.24, 2.45) is 4.99 Å². The second-order valence-corrected chi connectivity index (χ2v) is 2.77. The Hall–Kier alpha value is -0.420. The molecular formula is C5H3Cl2F3N2. The molecule has 0 saturated heterocycles. The normalized spacial score (nSPS) is 24.2. The summed E-state index contributed by atoms with van der Waals surface area (Å²) in [6.45, 7) is 0. The van der Waals surface area contributed by atoms with Gasteiger partial charge in [-0.25, -0.2) is 4.99 Å². The fourth-order valence-corrected chi connectivity index (χ4v) is 1.12. The van der Waals surface area contributed by atoms with Crippen LogP contribution in [0.25, 0.3) is 0 Å². The van der Waals surface area contributed by atoms with E-state index in [1.165, 1.54) is 0 Å². The predicted octanol–water partition coefficient (Wildman–Crippen LogP) is 2.20. The first kappa shape index (κ1) is 9.67. The molecule has 0 aromatic heterocycles. The van der Waals surface area contributed by atoms with Crippen molar-refractivity contribution >= 4 is 28.5 Å². The highest BCUT2D eigenvalue weighted by Gasteiger charge is 2.39. The van der Waals surface area contributed by atoms with E-state index in [2.05, 4.69) is 10.3 Å². The summed E-state index contributed by atoms with van der Waals surface area (Å²) in [5.74, 6) is 0. The number of halogens is 5. The number of hydrogen-bond acceptors (Lipinski definition) is 2. The fraction of sp³-hybridized carbons (Fsp3) is 0.400. The lowest BCUT2D eigenvalue weighted by atomic mass is 10.2. The highest BCUT2D eigenvalue weighted by molar-refractivity contribution is 6.65. The minimum atomic E-state index is -4.47. The van der Waals surface area contributed by atoms with Gasteiger partial charge in [0.25, 0.3) is 0 Å². The summed E-state index contributed by atoms with van der Waals surface area (Å²) in [5, 5.41) is 1.97. The molecular weight excluding hydrogens is 216 g/mol. The zero-order valence-electron chi connectivity index (χ0n) is 5.49. The van der Waals surface area contributed by atoms with Crippen LogP contribution in [0.15, 0.2) is 16.8 Å². The number of amidine groups is 1. The van der Waals surface area contributed by atoms with Gasteiger partial charge in [-0.1, -0.05) is 11.6 Å². The number of nitrogens with zero attached hydrogens (tertiary/aromatic N) is 1. The molecule has 0 bridgehead atoms. The first-order valence-electron chi connectivity index (χ1n) is 2.82. The van der Waals surface area contributed by atoms with Gasteiger partial charge < -0.3 is 5.32 Å². The Labute approximate surface area is 76.1 Å². The molecule has 12 heavy (non-hydrogen) atoms. The van der Waals surface area contributed by atoms with E-state index in [9.17, 15) is 13.2 Å². The van der Waals surface area contributed by atoms with Gasteiger partial charge in [-0.05, 0) is 11.6 Å². The van der Waals surface area contributed by atoms with Gasteiger partial charge in [0.2, 0.25) is 0 Å². The lowest BCUT2D eigenvalue weighted by Crippen LogP contribution is -2.28. The largest absolute Gasteiger partial charge is 0.417 e. The van der Waals surface area contributed by atoms with Crippen molar-refractivity contribution in [2.75, 3.05) is 0 Å². The second kappa shape index (κ2) is 3.14. The number of nitrogens with one attached hydrogen (secondary N) is 1. The topological polar surface area (TPSA) is 24.4 Å². The molecule has 0 aliphatic carbocycles. The Kier molecular flexibility index (Phi) is 2.53. The van der Waals surface area contributed by atoms with Crippen molar-refractivity contribution in [3.05, 3.63) is 11.8 Å². The minimum absolute atomic E-state index is 0.150. The highest BCUT2D eigenvalue weighted by Crippen LogP contribution is 2.32. The quantitative estimate of drug-likeness (QED) is 0.490. The maximum absolute atomic E-state index is 12.0. The molecule has 0 aromatic carbocycles. The number of hydrogen-bond donors (Lipinski definition) is 1. The Morgan fingerprint density at radius 1 is 1.50 bits per heavy atom. The number of alkyl halides is 4. The molecule has 2 nitrogen and oxygen atoms in total. The molecule has 0 radical (unpaired) electrons. The third-order valence-electron chi connectivity index (χ3n) is 1.16. The summed E-state index contributed by atoms with van der Waals surface area (Å²) in [6, 6.07) is 0. The van der Waals surface area contributed by atoms with E-state index in [-0.39, 0.29) is 5.29 Å². The molecule has 0 spiro atoms. The standard InChI is InChI=1S/C5H3Cl2F3N2/c6-3-2(5(8,9)10)1-11-4(7)12-3/h1,3H,(H,11,12). The third-order valence-corrected chi connectivity index (χ3v) is 1.70. The van der Waals surface area contributed by atoms with Crippen LogP contribution in [0.3, 0.4) is 0 Å². The maximum Gasteiger partial charge on any atom is 0.417 e. The fourth-order valence-electron chi connectivity index (χ4n) is 0.629. The lowest BCUT2D eigenvalue weighted by Gasteiger charge is -2.18. The van der Waals surface area contributed by atoms with Gasteiger partial charge in [0.05, 0.1) is 5.57 Å². The van der Waals surface area contributed by atoms with Gasteiger partial charge in [0.1, 0.15) is 0 Å². The molecule has 0 aromatic rings. The number of rotatable bonds is 0. The Bertz CT molecular complexity index is 246. The van der Waals surface area contributed by atoms with Gasteiger partial charge >= 0.3 is 6.18 Å². The molecule has 1 aliphatic rings. The zero-order chi connectivity index (χ0) is 9.35. The monoisotopic (exact) mass is 218 g/mol. The minimum Gasteiger partial charge on any atom is -0.337 e. The zero-order valence-corrected chi connectivity index (χ0v) is 7.00. The molecule has 0 fully saturated rings.